The van der Waals surface area contributed by atoms with Crippen molar-refractivity contribution in [2.75, 3.05) is 0 Å². The average molecular weight is 152 g/mol. The first-order valence-electron chi connectivity index (χ1n) is 4.94. The molecule has 0 nitrogen and oxygen atoms in total. The zero-order valence-electron chi connectivity index (χ0n) is 7.90. The van der Waals surface area contributed by atoms with Crippen LogP contribution in [0.2, 0.25) is 0 Å². The average Bonchev–Trinajstić information content (AvgIpc) is 2.38. The minimum absolute atomic E-state index is 0.565. The molecule has 0 spiro atoms. The molecule has 0 bridgehead atoms. The molecule has 0 fully saturated rings. The molecule has 0 saturated heterocycles. The van der Waals surface area contributed by atoms with Crippen LogP contribution in [0.25, 0.3) is 0 Å². The minimum atomic E-state index is 0.565. The van der Waals surface area contributed by atoms with Crippen LogP contribution in [-0.2, 0) is 0 Å². The zero-order chi connectivity index (χ0) is 8.16. The normalized spacial score (nSPS) is 29.6. The SMILES string of the molecule is CCCCCC1(C)C=CCC1. The Balaban J connectivity index is 2.18. The van der Waals surface area contributed by atoms with E-state index in [0.29, 0.717) is 5.41 Å². The Morgan fingerprint density at radius 2 is 2.18 bits per heavy atom. The van der Waals surface area contributed by atoms with Gasteiger partial charge in [-0.2, -0.15) is 0 Å². The van der Waals surface area contributed by atoms with E-state index < -0.39 is 0 Å². The van der Waals surface area contributed by atoms with Gasteiger partial charge < -0.3 is 0 Å². The first kappa shape index (κ1) is 8.83. The molecule has 1 atom stereocenters. The molecule has 1 rings (SSSR count). The van der Waals surface area contributed by atoms with Gasteiger partial charge in [0.15, 0.2) is 0 Å². The van der Waals surface area contributed by atoms with E-state index in [9.17, 15) is 0 Å². The van der Waals surface area contributed by atoms with Gasteiger partial charge in [-0.15, -0.1) is 0 Å². The summed E-state index contributed by atoms with van der Waals surface area (Å²) in [4.78, 5) is 0. The van der Waals surface area contributed by atoms with E-state index >= 15 is 0 Å². The summed E-state index contributed by atoms with van der Waals surface area (Å²) in [6.45, 7) is 4.67. The van der Waals surface area contributed by atoms with Crippen LogP contribution in [0, 0.1) is 5.41 Å². The third-order valence-electron chi connectivity index (χ3n) is 2.75. The van der Waals surface area contributed by atoms with Gasteiger partial charge in [-0.1, -0.05) is 45.3 Å². The minimum Gasteiger partial charge on any atom is -0.0880 e. The van der Waals surface area contributed by atoms with Crippen molar-refractivity contribution in [3.05, 3.63) is 12.2 Å². The molecule has 0 aliphatic heterocycles. The maximum absolute atomic E-state index is 2.42. The largest absolute Gasteiger partial charge is 0.0880 e. The number of unbranched alkanes of at least 4 members (excludes halogenated alkanes) is 2. The van der Waals surface area contributed by atoms with Crippen LogP contribution in [-0.4, -0.2) is 0 Å². The first-order chi connectivity index (χ1) is 5.27. The highest BCUT2D eigenvalue weighted by atomic mass is 14.3. The molecule has 0 N–H and O–H groups in total. The van der Waals surface area contributed by atoms with E-state index in [1.807, 2.05) is 0 Å². The van der Waals surface area contributed by atoms with E-state index in [4.69, 9.17) is 0 Å². The maximum Gasteiger partial charge on any atom is -0.0144 e. The van der Waals surface area contributed by atoms with Crippen molar-refractivity contribution in [3.63, 3.8) is 0 Å². The smallest absolute Gasteiger partial charge is 0.0144 e. The summed E-state index contributed by atoms with van der Waals surface area (Å²) >= 11 is 0. The van der Waals surface area contributed by atoms with E-state index in [1.165, 1.54) is 38.5 Å². The highest BCUT2D eigenvalue weighted by molar-refractivity contribution is 5.04. The van der Waals surface area contributed by atoms with E-state index in [0.717, 1.165) is 0 Å². The topological polar surface area (TPSA) is 0 Å². The Bertz CT molecular complexity index is 135. The Morgan fingerprint density at radius 3 is 2.73 bits per heavy atom. The lowest BCUT2D eigenvalue weighted by Gasteiger charge is -2.20. The molecule has 0 heteroatoms. The summed E-state index contributed by atoms with van der Waals surface area (Å²) in [5.74, 6) is 0. The van der Waals surface area contributed by atoms with Gasteiger partial charge in [0.25, 0.3) is 0 Å². The molecule has 0 amide bonds. The quantitative estimate of drug-likeness (QED) is 0.423. The molecule has 0 aromatic rings. The van der Waals surface area contributed by atoms with Crippen molar-refractivity contribution in [1.29, 1.82) is 0 Å². The van der Waals surface area contributed by atoms with Gasteiger partial charge >= 0.3 is 0 Å². The molecule has 0 heterocycles. The Labute approximate surface area is 70.7 Å². The van der Waals surface area contributed by atoms with Crippen LogP contribution in [0.5, 0.6) is 0 Å². The van der Waals surface area contributed by atoms with Crippen LogP contribution >= 0.6 is 0 Å². The van der Waals surface area contributed by atoms with E-state index in [1.54, 1.807) is 0 Å². The van der Waals surface area contributed by atoms with Crippen LogP contribution in [0.4, 0.5) is 0 Å². The summed E-state index contributed by atoms with van der Waals surface area (Å²) in [5.41, 5.74) is 0.565. The van der Waals surface area contributed by atoms with Gasteiger partial charge in [-0.3, -0.25) is 0 Å². The van der Waals surface area contributed by atoms with Crippen LogP contribution < -0.4 is 0 Å². The Kier molecular flexibility index (Phi) is 3.16. The molecular weight excluding hydrogens is 132 g/mol. The Hall–Kier alpha value is -0.260. The molecule has 0 aromatic carbocycles. The lowest BCUT2D eigenvalue weighted by Crippen LogP contribution is -2.08. The highest BCUT2D eigenvalue weighted by Crippen LogP contribution is 2.36. The van der Waals surface area contributed by atoms with Gasteiger partial charge in [0.1, 0.15) is 0 Å². The van der Waals surface area contributed by atoms with Gasteiger partial charge in [-0.05, 0) is 24.7 Å². The molecule has 0 radical (unpaired) electrons. The van der Waals surface area contributed by atoms with Crippen LogP contribution in [0.3, 0.4) is 0 Å². The van der Waals surface area contributed by atoms with Gasteiger partial charge in [0.05, 0.1) is 0 Å². The second kappa shape index (κ2) is 3.94. The van der Waals surface area contributed by atoms with Crippen molar-refractivity contribution in [2.45, 2.75) is 52.4 Å². The van der Waals surface area contributed by atoms with E-state index in [-0.39, 0.29) is 0 Å². The van der Waals surface area contributed by atoms with Crippen LogP contribution in [0.15, 0.2) is 12.2 Å². The van der Waals surface area contributed by atoms with Gasteiger partial charge in [0, 0.05) is 0 Å². The zero-order valence-corrected chi connectivity index (χ0v) is 7.90. The first-order valence-corrected chi connectivity index (χ1v) is 4.94. The highest BCUT2D eigenvalue weighted by Gasteiger charge is 2.22. The lowest BCUT2D eigenvalue weighted by molar-refractivity contribution is 0.366. The van der Waals surface area contributed by atoms with Crippen molar-refractivity contribution < 1.29 is 0 Å². The molecule has 1 unspecified atom stereocenters. The number of hydrogen-bond donors (Lipinski definition) is 0. The number of hydrogen-bond acceptors (Lipinski definition) is 0. The lowest BCUT2D eigenvalue weighted by atomic mass is 9.84. The fourth-order valence-electron chi connectivity index (χ4n) is 1.85. The van der Waals surface area contributed by atoms with Gasteiger partial charge in [0.2, 0.25) is 0 Å². The fraction of sp³-hybridized carbons (Fsp3) is 0.818. The third kappa shape index (κ3) is 2.69. The predicted octanol–water partition coefficient (Wildman–Crippen LogP) is 3.92. The molecule has 0 aromatic heterocycles. The van der Waals surface area contributed by atoms with E-state index in [2.05, 4.69) is 26.0 Å². The van der Waals surface area contributed by atoms with Crippen LogP contribution in [0.1, 0.15) is 52.4 Å². The molecule has 64 valence electrons. The maximum atomic E-state index is 2.42. The standard InChI is InChI=1S/C11H20/c1-3-4-5-8-11(2)9-6-7-10-11/h6,9H,3-5,7-8,10H2,1-2H3. The second-order valence-corrected chi connectivity index (χ2v) is 4.05. The third-order valence-corrected chi connectivity index (χ3v) is 2.75. The predicted molar refractivity (Wildman–Crippen MR) is 50.6 cm³/mol. The van der Waals surface area contributed by atoms with Crippen molar-refractivity contribution in [3.8, 4) is 0 Å². The van der Waals surface area contributed by atoms with Crippen molar-refractivity contribution >= 4 is 0 Å². The molecular formula is C11H20. The molecule has 11 heavy (non-hydrogen) atoms. The number of allylic oxidation sites excluding steroid dienone is 2. The fourth-order valence-corrected chi connectivity index (χ4v) is 1.85. The summed E-state index contributed by atoms with van der Waals surface area (Å²) in [5, 5.41) is 0. The second-order valence-electron chi connectivity index (χ2n) is 4.05. The monoisotopic (exact) mass is 152 g/mol. The van der Waals surface area contributed by atoms with Crippen molar-refractivity contribution in [2.24, 2.45) is 5.41 Å². The Morgan fingerprint density at radius 1 is 1.36 bits per heavy atom. The summed E-state index contributed by atoms with van der Waals surface area (Å²) in [7, 11) is 0. The molecule has 1 aliphatic carbocycles. The summed E-state index contributed by atoms with van der Waals surface area (Å²) < 4.78 is 0. The molecule has 0 saturated carbocycles. The number of rotatable bonds is 4. The summed E-state index contributed by atoms with van der Waals surface area (Å²) in [6.07, 6.45) is 13.0. The molecule has 1 aliphatic rings. The van der Waals surface area contributed by atoms with Gasteiger partial charge in [-0.25, -0.2) is 0 Å². The summed E-state index contributed by atoms with van der Waals surface area (Å²) in [6, 6.07) is 0. The van der Waals surface area contributed by atoms with Crippen molar-refractivity contribution in [1.82, 2.24) is 0 Å².